The topological polar surface area (TPSA) is 51.0 Å². The lowest BCUT2D eigenvalue weighted by molar-refractivity contribution is 0.302. The Balaban J connectivity index is 1.58. The van der Waals surface area contributed by atoms with Gasteiger partial charge in [0.15, 0.2) is 5.82 Å². The molecule has 100 valence electrons. The fraction of sp³-hybridized carbons (Fsp3) is 0.857. The van der Waals surface area contributed by atoms with Crippen molar-refractivity contribution < 1.29 is 4.52 Å². The lowest BCUT2D eigenvalue weighted by Crippen LogP contribution is -2.28. The highest BCUT2D eigenvalue weighted by atomic mass is 16.5. The monoisotopic (exact) mass is 249 g/mol. The molecule has 3 rings (SSSR count). The lowest BCUT2D eigenvalue weighted by atomic mass is 9.87. The van der Waals surface area contributed by atoms with Gasteiger partial charge in [0.2, 0.25) is 5.89 Å². The van der Waals surface area contributed by atoms with E-state index in [1.807, 2.05) is 0 Å². The summed E-state index contributed by atoms with van der Waals surface area (Å²) in [5, 5.41) is 7.58. The van der Waals surface area contributed by atoms with Crippen molar-refractivity contribution >= 4 is 0 Å². The molecule has 0 bridgehead atoms. The summed E-state index contributed by atoms with van der Waals surface area (Å²) in [6, 6.07) is 0. The van der Waals surface area contributed by atoms with Crippen LogP contribution in [0, 0.1) is 5.92 Å². The highest BCUT2D eigenvalue weighted by Crippen LogP contribution is 2.27. The van der Waals surface area contributed by atoms with Gasteiger partial charge in [-0.1, -0.05) is 24.4 Å². The molecule has 1 aromatic heterocycles. The van der Waals surface area contributed by atoms with Gasteiger partial charge in [0.05, 0.1) is 0 Å². The summed E-state index contributed by atoms with van der Waals surface area (Å²) in [7, 11) is 0. The minimum atomic E-state index is 0.461. The number of nitrogens with one attached hydrogen (secondary N) is 1. The molecule has 0 spiro atoms. The quantitative estimate of drug-likeness (QED) is 0.894. The number of hydrogen-bond donors (Lipinski definition) is 1. The van der Waals surface area contributed by atoms with Crippen molar-refractivity contribution in [3.05, 3.63) is 11.7 Å². The van der Waals surface area contributed by atoms with E-state index in [9.17, 15) is 0 Å². The summed E-state index contributed by atoms with van der Waals surface area (Å²) in [6.45, 7) is 2.13. The third-order valence-corrected chi connectivity index (χ3v) is 4.33. The van der Waals surface area contributed by atoms with Crippen molar-refractivity contribution in [1.82, 2.24) is 15.5 Å². The molecule has 1 atom stereocenters. The number of aromatic nitrogens is 2. The molecule has 0 aromatic carbocycles. The van der Waals surface area contributed by atoms with Gasteiger partial charge >= 0.3 is 0 Å². The van der Waals surface area contributed by atoms with E-state index in [2.05, 4.69) is 15.5 Å². The first-order chi connectivity index (χ1) is 8.92. The van der Waals surface area contributed by atoms with Gasteiger partial charge < -0.3 is 9.84 Å². The van der Waals surface area contributed by atoms with Crippen LogP contribution < -0.4 is 5.32 Å². The van der Waals surface area contributed by atoms with Gasteiger partial charge in [-0.15, -0.1) is 0 Å². The fourth-order valence-electron chi connectivity index (χ4n) is 3.23. The van der Waals surface area contributed by atoms with Crippen molar-refractivity contribution in [2.45, 2.75) is 57.3 Å². The highest BCUT2D eigenvalue weighted by molar-refractivity contribution is 4.98. The van der Waals surface area contributed by atoms with Gasteiger partial charge in [-0.3, -0.25) is 0 Å². The summed E-state index contributed by atoms with van der Waals surface area (Å²) < 4.78 is 5.43. The standard InChI is InChI=1S/C14H23N3O/c1-2-5-11(6-3-1)9-13-16-14(17-18-13)12-7-4-8-15-10-12/h11-12,15H,1-10H2. The van der Waals surface area contributed by atoms with E-state index in [1.165, 1.54) is 44.9 Å². The van der Waals surface area contributed by atoms with E-state index in [0.717, 1.165) is 37.1 Å². The summed E-state index contributed by atoms with van der Waals surface area (Å²) in [4.78, 5) is 4.61. The molecule has 2 fully saturated rings. The first-order valence-corrected chi connectivity index (χ1v) is 7.45. The van der Waals surface area contributed by atoms with Crippen molar-refractivity contribution in [2.24, 2.45) is 5.92 Å². The fourth-order valence-corrected chi connectivity index (χ4v) is 3.23. The number of piperidine rings is 1. The second kappa shape index (κ2) is 5.83. The normalized spacial score (nSPS) is 26.3. The molecule has 0 radical (unpaired) electrons. The van der Waals surface area contributed by atoms with E-state index in [1.54, 1.807) is 0 Å². The van der Waals surface area contributed by atoms with Crippen LogP contribution >= 0.6 is 0 Å². The van der Waals surface area contributed by atoms with Crippen LogP contribution in [0.25, 0.3) is 0 Å². The van der Waals surface area contributed by atoms with E-state index in [0.29, 0.717) is 5.92 Å². The minimum Gasteiger partial charge on any atom is -0.339 e. The molecule has 1 aliphatic carbocycles. The maximum atomic E-state index is 5.43. The Labute approximate surface area is 109 Å². The Morgan fingerprint density at radius 3 is 2.78 bits per heavy atom. The summed E-state index contributed by atoms with van der Waals surface area (Å²) in [5.74, 6) is 3.02. The minimum absolute atomic E-state index is 0.461. The van der Waals surface area contributed by atoms with Crippen molar-refractivity contribution in [3.63, 3.8) is 0 Å². The average Bonchev–Trinajstić information content (AvgIpc) is 2.89. The Bertz CT molecular complexity index is 365. The Kier molecular flexibility index (Phi) is 3.93. The number of rotatable bonds is 3. The van der Waals surface area contributed by atoms with Crippen LogP contribution in [0.15, 0.2) is 4.52 Å². The summed E-state index contributed by atoms with van der Waals surface area (Å²) in [6.07, 6.45) is 10.2. The van der Waals surface area contributed by atoms with E-state index in [-0.39, 0.29) is 0 Å². The first kappa shape index (κ1) is 12.2. The van der Waals surface area contributed by atoms with Crippen molar-refractivity contribution in [3.8, 4) is 0 Å². The summed E-state index contributed by atoms with van der Waals surface area (Å²) in [5.41, 5.74) is 0. The van der Waals surface area contributed by atoms with Crippen LogP contribution in [0.5, 0.6) is 0 Å². The zero-order valence-electron chi connectivity index (χ0n) is 11.0. The predicted octanol–water partition coefficient (Wildman–Crippen LogP) is 2.66. The molecule has 1 N–H and O–H groups in total. The molecule has 1 saturated carbocycles. The molecule has 2 heterocycles. The zero-order chi connectivity index (χ0) is 12.2. The van der Waals surface area contributed by atoms with Gasteiger partial charge in [0.25, 0.3) is 0 Å². The number of nitrogens with zero attached hydrogens (tertiary/aromatic N) is 2. The smallest absolute Gasteiger partial charge is 0.226 e. The molecule has 1 saturated heterocycles. The van der Waals surface area contributed by atoms with Gasteiger partial charge in [-0.2, -0.15) is 4.98 Å². The average molecular weight is 249 g/mol. The first-order valence-electron chi connectivity index (χ1n) is 7.45. The van der Waals surface area contributed by atoms with Crippen LogP contribution in [0.4, 0.5) is 0 Å². The Hall–Kier alpha value is -0.900. The molecule has 2 aliphatic rings. The van der Waals surface area contributed by atoms with Crippen LogP contribution in [-0.2, 0) is 6.42 Å². The molecule has 18 heavy (non-hydrogen) atoms. The SMILES string of the molecule is C1CCC(Cc2nc(C3CCCNC3)no2)CC1. The third kappa shape index (κ3) is 2.91. The molecular formula is C14H23N3O. The number of hydrogen-bond acceptors (Lipinski definition) is 4. The van der Waals surface area contributed by atoms with Crippen LogP contribution in [0.3, 0.4) is 0 Å². The summed E-state index contributed by atoms with van der Waals surface area (Å²) >= 11 is 0. The Morgan fingerprint density at radius 1 is 1.11 bits per heavy atom. The second-order valence-electron chi connectivity index (χ2n) is 5.80. The van der Waals surface area contributed by atoms with Crippen molar-refractivity contribution in [2.75, 3.05) is 13.1 Å². The second-order valence-corrected chi connectivity index (χ2v) is 5.80. The molecule has 4 nitrogen and oxygen atoms in total. The molecular weight excluding hydrogens is 226 g/mol. The maximum Gasteiger partial charge on any atom is 0.226 e. The largest absolute Gasteiger partial charge is 0.339 e. The zero-order valence-corrected chi connectivity index (χ0v) is 11.0. The molecule has 1 aromatic rings. The highest BCUT2D eigenvalue weighted by Gasteiger charge is 2.22. The van der Waals surface area contributed by atoms with E-state index < -0.39 is 0 Å². The molecule has 1 unspecified atom stereocenters. The predicted molar refractivity (Wildman–Crippen MR) is 69.4 cm³/mol. The van der Waals surface area contributed by atoms with Crippen LogP contribution in [0.2, 0.25) is 0 Å². The van der Waals surface area contributed by atoms with Crippen LogP contribution in [0.1, 0.15) is 62.6 Å². The van der Waals surface area contributed by atoms with E-state index in [4.69, 9.17) is 4.52 Å². The van der Waals surface area contributed by atoms with Crippen LogP contribution in [-0.4, -0.2) is 23.2 Å². The van der Waals surface area contributed by atoms with Crippen molar-refractivity contribution in [1.29, 1.82) is 0 Å². The lowest BCUT2D eigenvalue weighted by Gasteiger charge is -2.20. The van der Waals surface area contributed by atoms with Gasteiger partial charge in [-0.25, -0.2) is 0 Å². The molecule has 0 amide bonds. The Morgan fingerprint density at radius 2 is 2.00 bits per heavy atom. The third-order valence-electron chi connectivity index (χ3n) is 4.33. The molecule has 4 heteroatoms. The van der Waals surface area contributed by atoms with Gasteiger partial charge in [0.1, 0.15) is 0 Å². The van der Waals surface area contributed by atoms with Gasteiger partial charge in [0, 0.05) is 18.9 Å². The van der Waals surface area contributed by atoms with E-state index >= 15 is 0 Å². The van der Waals surface area contributed by atoms with Gasteiger partial charge in [-0.05, 0) is 38.1 Å². The maximum absolute atomic E-state index is 5.43. The molecule has 1 aliphatic heterocycles.